The van der Waals surface area contributed by atoms with Gasteiger partial charge in [0.15, 0.2) is 0 Å². The summed E-state index contributed by atoms with van der Waals surface area (Å²) in [4.78, 5) is 7.09. The molecule has 0 amide bonds. The minimum absolute atomic E-state index is 0.914. The highest BCUT2D eigenvalue weighted by Gasteiger charge is 1.90. The van der Waals surface area contributed by atoms with Crippen LogP contribution in [0.2, 0.25) is 0 Å². The van der Waals surface area contributed by atoms with Crippen LogP contribution in [-0.2, 0) is 0 Å². The lowest BCUT2D eigenvalue weighted by atomic mass is 10.3. The fourth-order valence-electron chi connectivity index (χ4n) is 1.67. The van der Waals surface area contributed by atoms with Crippen molar-refractivity contribution in [2.75, 3.05) is 0 Å². The third-order valence-corrected chi connectivity index (χ3v) is 2.54. The van der Waals surface area contributed by atoms with Gasteiger partial charge in [-0.15, -0.1) is 0 Å². The van der Waals surface area contributed by atoms with Gasteiger partial charge in [-0.3, -0.25) is 0 Å². The molecule has 2 N–H and O–H groups in total. The number of aromatic nitrogens is 5. The summed E-state index contributed by atoms with van der Waals surface area (Å²) in [6, 6.07) is 13.7. The molecule has 3 heterocycles. The Morgan fingerprint density at radius 2 is 1.61 bits per heavy atom. The largest absolute Gasteiger partial charge is 0.346 e. The van der Waals surface area contributed by atoms with E-state index in [-0.39, 0.29) is 0 Å². The molecule has 0 aliphatic carbocycles. The van der Waals surface area contributed by atoms with Crippen LogP contribution in [0.3, 0.4) is 0 Å². The molecule has 1 aromatic carbocycles. The zero-order valence-corrected chi connectivity index (χ0v) is 9.54. The number of nitrogens with zero attached hydrogens (tertiary/aromatic N) is 3. The van der Waals surface area contributed by atoms with Gasteiger partial charge in [0.25, 0.3) is 0 Å². The molecule has 88 valence electrons. The minimum Gasteiger partial charge on any atom is -0.346 e. The van der Waals surface area contributed by atoms with Gasteiger partial charge in [0.05, 0.1) is 0 Å². The molecule has 0 spiro atoms. The van der Waals surface area contributed by atoms with E-state index in [1.807, 2.05) is 48.7 Å². The van der Waals surface area contributed by atoms with Crippen LogP contribution in [0.25, 0.3) is 22.1 Å². The molecule has 5 heteroatoms. The van der Waals surface area contributed by atoms with Crippen molar-refractivity contribution in [3.63, 3.8) is 0 Å². The number of para-hydroxylation sites is 2. The Bertz CT molecular complexity index is 629. The van der Waals surface area contributed by atoms with Crippen molar-refractivity contribution in [3.05, 3.63) is 54.9 Å². The Labute approximate surface area is 103 Å². The first-order valence-corrected chi connectivity index (χ1v) is 5.57. The van der Waals surface area contributed by atoms with Gasteiger partial charge in [0.1, 0.15) is 16.7 Å². The first-order chi connectivity index (χ1) is 8.93. The van der Waals surface area contributed by atoms with Crippen molar-refractivity contribution in [2.45, 2.75) is 0 Å². The fraction of sp³-hybridized carbons (Fsp3) is 0. The van der Waals surface area contributed by atoms with Gasteiger partial charge in [-0.05, 0) is 30.3 Å². The molecule has 4 aromatic rings. The third kappa shape index (κ3) is 2.06. The zero-order chi connectivity index (χ0) is 12.2. The van der Waals surface area contributed by atoms with Crippen molar-refractivity contribution < 1.29 is 0 Å². The second-order valence-corrected chi connectivity index (χ2v) is 3.73. The predicted octanol–water partition coefficient (Wildman–Crippen LogP) is 2.52. The topological polar surface area (TPSA) is 70.2 Å². The lowest BCUT2D eigenvalue weighted by Crippen LogP contribution is -1.70. The van der Waals surface area contributed by atoms with Crippen LogP contribution in [0.1, 0.15) is 0 Å². The predicted molar refractivity (Wildman–Crippen MR) is 70.0 cm³/mol. The van der Waals surface area contributed by atoms with E-state index < -0.39 is 0 Å². The van der Waals surface area contributed by atoms with Crippen LogP contribution in [-0.4, -0.2) is 25.4 Å². The maximum atomic E-state index is 4.09. The Balaban J connectivity index is 0.000000111. The van der Waals surface area contributed by atoms with Crippen molar-refractivity contribution in [2.24, 2.45) is 0 Å². The number of rotatable bonds is 0. The van der Waals surface area contributed by atoms with Gasteiger partial charge < -0.3 is 4.98 Å². The molecule has 5 nitrogen and oxygen atoms in total. The van der Waals surface area contributed by atoms with Crippen molar-refractivity contribution in [1.82, 2.24) is 25.4 Å². The molecule has 0 fully saturated rings. The summed E-state index contributed by atoms with van der Waals surface area (Å²) in [6.07, 6.45) is 3.66. The molecule has 0 aliphatic heterocycles. The molecule has 3 aromatic heterocycles. The van der Waals surface area contributed by atoms with Gasteiger partial charge in [-0.1, -0.05) is 12.1 Å². The summed E-state index contributed by atoms with van der Waals surface area (Å²) in [5.74, 6) is 0. The van der Waals surface area contributed by atoms with E-state index in [0.29, 0.717) is 0 Å². The van der Waals surface area contributed by atoms with Crippen molar-refractivity contribution in [1.29, 1.82) is 0 Å². The molecule has 18 heavy (non-hydrogen) atoms. The zero-order valence-electron chi connectivity index (χ0n) is 9.54. The first-order valence-electron chi connectivity index (χ1n) is 5.57. The van der Waals surface area contributed by atoms with Gasteiger partial charge >= 0.3 is 0 Å². The maximum Gasteiger partial charge on any atom is 0.137 e. The number of fused-ring (bicyclic) bond motifs is 2. The van der Waals surface area contributed by atoms with Crippen LogP contribution in [0.5, 0.6) is 0 Å². The highest BCUT2D eigenvalue weighted by Crippen LogP contribution is 2.05. The van der Waals surface area contributed by atoms with Crippen molar-refractivity contribution in [3.8, 4) is 0 Å². The van der Waals surface area contributed by atoms with Crippen LogP contribution in [0.15, 0.2) is 54.9 Å². The van der Waals surface area contributed by atoms with Crippen LogP contribution in [0.4, 0.5) is 0 Å². The molecular weight excluding hydrogens is 226 g/mol. The minimum atomic E-state index is 0.914. The Morgan fingerprint density at radius 3 is 2.33 bits per heavy atom. The van der Waals surface area contributed by atoms with Gasteiger partial charge in [0, 0.05) is 17.8 Å². The Kier molecular flexibility index (Phi) is 2.71. The lowest BCUT2D eigenvalue weighted by Gasteiger charge is -1.82. The van der Waals surface area contributed by atoms with Crippen LogP contribution < -0.4 is 0 Å². The van der Waals surface area contributed by atoms with E-state index >= 15 is 0 Å². The SMILES string of the molecule is c1ccc2n[nH]nc2c1.c1cnc2[nH]ccc2c1. The maximum absolute atomic E-state index is 4.09. The first kappa shape index (κ1) is 10.5. The number of benzene rings is 1. The summed E-state index contributed by atoms with van der Waals surface area (Å²) >= 11 is 0. The van der Waals surface area contributed by atoms with Gasteiger partial charge in [0.2, 0.25) is 0 Å². The van der Waals surface area contributed by atoms with E-state index in [0.717, 1.165) is 22.1 Å². The average molecular weight is 237 g/mol. The number of nitrogens with one attached hydrogen (secondary N) is 2. The number of pyridine rings is 1. The fourth-order valence-corrected chi connectivity index (χ4v) is 1.67. The summed E-state index contributed by atoms with van der Waals surface area (Å²) in [5.41, 5.74) is 2.78. The molecule has 0 unspecified atom stereocenters. The lowest BCUT2D eigenvalue weighted by molar-refractivity contribution is 0.959. The normalized spacial score (nSPS) is 10.2. The molecule has 4 rings (SSSR count). The molecule has 0 radical (unpaired) electrons. The van der Waals surface area contributed by atoms with Gasteiger partial charge in [-0.2, -0.15) is 15.4 Å². The molecule has 0 saturated heterocycles. The van der Waals surface area contributed by atoms with E-state index in [4.69, 9.17) is 0 Å². The number of hydrogen-bond acceptors (Lipinski definition) is 3. The van der Waals surface area contributed by atoms with E-state index in [2.05, 4.69) is 25.4 Å². The van der Waals surface area contributed by atoms with Gasteiger partial charge in [-0.25, -0.2) is 4.98 Å². The summed E-state index contributed by atoms with van der Waals surface area (Å²) in [5, 5.41) is 11.5. The quantitative estimate of drug-likeness (QED) is 0.493. The third-order valence-electron chi connectivity index (χ3n) is 2.54. The monoisotopic (exact) mass is 237 g/mol. The second-order valence-electron chi connectivity index (χ2n) is 3.73. The number of H-pyrrole nitrogens is 2. The van der Waals surface area contributed by atoms with Crippen LogP contribution >= 0.6 is 0 Å². The molecule has 0 atom stereocenters. The molecule has 0 saturated carbocycles. The van der Waals surface area contributed by atoms with E-state index in [1.54, 1.807) is 6.20 Å². The molecule has 0 aliphatic rings. The number of aromatic amines is 2. The Hall–Kier alpha value is -2.69. The van der Waals surface area contributed by atoms with Crippen LogP contribution in [0, 0.1) is 0 Å². The summed E-state index contributed by atoms with van der Waals surface area (Å²) in [7, 11) is 0. The summed E-state index contributed by atoms with van der Waals surface area (Å²) in [6.45, 7) is 0. The standard InChI is InChI=1S/C7H6N2.C6H5N3/c1-2-6-3-5-9-7(6)8-4-1;1-2-4-6-5(3-1)7-9-8-6/h1-5H,(H,8,9);1-4H,(H,7,8,9). The highest BCUT2D eigenvalue weighted by molar-refractivity contribution is 5.74. The number of hydrogen-bond donors (Lipinski definition) is 2. The molecular formula is C13H11N5. The Morgan fingerprint density at radius 1 is 0.833 bits per heavy atom. The second kappa shape index (κ2) is 4.67. The van der Waals surface area contributed by atoms with Crippen molar-refractivity contribution >= 4 is 22.1 Å². The molecule has 0 bridgehead atoms. The average Bonchev–Trinajstić information content (AvgIpc) is 3.08. The highest BCUT2D eigenvalue weighted by atomic mass is 15.3. The summed E-state index contributed by atoms with van der Waals surface area (Å²) < 4.78 is 0. The van der Waals surface area contributed by atoms with E-state index in [1.165, 1.54) is 0 Å². The smallest absolute Gasteiger partial charge is 0.137 e. The van der Waals surface area contributed by atoms with E-state index in [9.17, 15) is 0 Å².